The molecule has 0 bridgehead atoms. The summed E-state index contributed by atoms with van der Waals surface area (Å²) in [6, 6.07) is 7.81. The molecule has 1 aromatic heterocycles. The number of benzene rings is 1. The fraction of sp³-hybridized carbons (Fsp3) is 0.100. The van der Waals surface area contributed by atoms with Crippen molar-refractivity contribution in [3.63, 3.8) is 0 Å². The summed E-state index contributed by atoms with van der Waals surface area (Å²) in [7, 11) is 0. The number of hydrogen-bond donors (Lipinski definition) is 1. The van der Waals surface area contributed by atoms with E-state index in [0.717, 1.165) is 15.4 Å². The van der Waals surface area contributed by atoms with Gasteiger partial charge in [0.25, 0.3) is 0 Å². The first-order valence-corrected chi connectivity index (χ1v) is 4.76. The minimum Gasteiger partial charge on any atom is -0.351 e. The lowest BCUT2D eigenvalue weighted by atomic mass is 10.2. The fourth-order valence-electron chi connectivity index (χ4n) is 1.35. The number of hydrogen-bond acceptors (Lipinski definition) is 1. The number of aromatic amines is 1. The van der Waals surface area contributed by atoms with Crippen molar-refractivity contribution in [2.45, 2.75) is 6.92 Å². The van der Waals surface area contributed by atoms with E-state index in [-0.39, 0.29) is 5.78 Å². The van der Waals surface area contributed by atoms with E-state index < -0.39 is 0 Å². The number of carbonyl (C=O) groups excluding carboxylic acids is 1. The number of fused-ring (bicyclic) bond motifs is 1. The number of rotatable bonds is 1. The predicted octanol–water partition coefficient (Wildman–Crippen LogP) is 3.13. The number of Topliss-reactive ketones (excluding diaryl/α,β-unsaturated/α-hetero) is 1. The number of para-hydroxylation sites is 1. The van der Waals surface area contributed by atoms with Crippen LogP contribution in [0.1, 0.15) is 17.4 Å². The molecule has 2 nitrogen and oxygen atoms in total. The first-order valence-electron chi connectivity index (χ1n) is 3.97. The third-order valence-corrected chi connectivity index (χ3v) is 2.82. The topological polar surface area (TPSA) is 32.9 Å². The van der Waals surface area contributed by atoms with Crippen LogP contribution < -0.4 is 0 Å². The highest BCUT2D eigenvalue weighted by atomic mass is 79.9. The summed E-state index contributed by atoms with van der Waals surface area (Å²) in [4.78, 5) is 14.2. The van der Waals surface area contributed by atoms with Gasteiger partial charge in [0.05, 0.1) is 10.2 Å². The SMILES string of the molecule is CC(=O)c1[nH]c2ccccc2c1Br. The maximum Gasteiger partial charge on any atom is 0.177 e. The van der Waals surface area contributed by atoms with Crippen LogP contribution in [-0.2, 0) is 0 Å². The summed E-state index contributed by atoms with van der Waals surface area (Å²) in [5.41, 5.74) is 1.63. The summed E-state index contributed by atoms with van der Waals surface area (Å²) in [6.07, 6.45) is 0. The molecule has 0 fully saturated rings. The highest BCUT2D eigenvalue weighted by Crippen LogP contribution is 2.27. The van der Waals surface area contributed by atoms with E-state index in [4.69, 9.17) is 0 Å². The lowest BCUT2D eigenvalue weighted by Gasteiger charge is -1.88. The third kappa shape index (κ3) is 1.29. The minimum atomic E-state index is 0.0445. The third-order valence-electron chi connectivity index (χ3n) is 1.99. The van der Waals surface area contributed by atoms with E-state index in [2.05, 4.69) is 20.9 Å². The molecule has 0 amide bonds. The lowest BCUT2D eigenvalue weighted by Crippen LogP contribution is -1.91. The maximum absolute atomic E-state index is 11.2. The molecule has 0 aliphatic carbocycles. The van der Waals surface area contributed by atoms with Gasteiger partial charge >= 0.3 is 0 Å². The van der Waals surface area contributed by atoms with Crippen LogP contribution in [0.25, 0.3) is 10.9 Å². The number of nitrogens with one attached hydrogen (secondary N) is 1. The second-order valence-corrected chi connectivity index (χ2v) is 3.71. The highest BCUT2D eigenvalue weighted by molar-refractivity contribution is 9.10. The van der Waals surface area contributed by atoms with Gasteiger partial charge in [-0.15, -0.1) is 0 Å². The van der Waals surface area contributed by atoms with Crippen molar-refractivity contribution in [1.82, 2.24) is 4.98 Å². The predicted molar refractivity (Wildman–Crippen MR) is 56.0 cm³/mol. The van der Waals surface area contributed by atoms with Gasteiger partial charge in [-0.3, -0.25) is 4.79 Å². The van der Waals surface area contributed by atoms with Crippen LogP contribution in [0.15, 0.2) is 28.7 Å². The second kappa shape index (κ2) is 3.00. The van der Waals surface area contributed by atoms with Crippen LogP contribution in [0.5, 0.6) is 0 Å². The summed E-state index contributed by atoms with van der Waals surface area (Å²) in [5, 5.41) is 1.05. The van der Waals surface area contributed by atoms with E-state index in [1.807, 2.05) is 24.3 Å². The fourth-order valence-corrected chi connectivity index (χ4v) is 2.07. The van der Waals surface area contributed by atoms with E-state index >= 15 is 0 Å². The van der Waals surface area contributed by atoms with Gasteiger partial charge in [0.15, 0.2) is 5.78 Å². The molecular weight excluding hydrogens is 230 g/mol. The van der Waals surface area contributed by atoms with E-state index in [9.17, 15) is 4.79 Å². The molecule has 0 unspecified atom stereocenters. The summed E-state index contributed by atoms with van der Waals surface area (Å²) >= 11 is 3.40. The average Bonchev–Trinajstić information content (AvgIpc) is 2.45. The van der Waals surface area contributed by atoms with Crippen molar-refractivity contribution in [3.8, 4) is 0 Å². The number of H-pyrrole nitrogens is 1. The molecule has 3 heteroatoms. The Kier molecular flexibility index (Phi) is 1.96. The molecule has 0 radical (unpaired) electrons. The molecule has 0 spiro atoms. The minimum absolute atomic E-state index is 0.0445. The molecule has 1 aromatic carbocycles. The van der Waals surface area contributed by atoms with Crippen LogP contribution in [0.2, 0.25) is 0 Å². The van der Waals surface area contributed by atoms with Crippen LogP contribution in [0.4, 0.5) is 0 Å². The smallest absolute Gasteiger partial charge is 0.177 e. The second-order valence-electron chi connectivity index (χ2n) is 2.92. The van der Waals surface area contributed by atoms with Crippen LogP contribution in [0, 0.1) is 0 Å². The van der Waals surface area contributed by atoms with Gasteiger partial charge in [-0.1, -0.05) is 18.2 Å². The zero-order valence-electron chi connectivity index (χ0n) is 7.10. The first-order chi connectivity index (χ1) is 6.20. The first kappa shape index (κ1) is 8.51. The van der Waals surface area contributed by atoms with Crippen molar-refractivity contribution in [2.24, 2.45) is 0 Å². The van der Waals surface area contributed by atoms with E-state index in [0.29, 0.717) is 5.69 Å². The highest BCUT2D eigenvalue weighted by Gasteiger charge is 2.10. The Morgan fingerprint density at radius 1 is 1.38 bits per heavy atom. The summed E-state index contributed by atoms with van der Waals surface area (Å²) < 4.78 is 0.857. The molecule has 2 rings (SSSR count). The Bertz CT molecular complexity index is 473. The summed E-state index contributed by atoms with van der Waals surface area (Å²) in [5.74, 6) is 0.0445. The number of ketones is 1. The number of aromatic nitrogens is 1. The van der Waals surface area contributed by atoms with Gasteiger partial charge in [-0.05, 0) is 22.0 Å². The molecule has 0 saturated heterocycles. The van der Waals surface area contributed by atoms with Gasteiger partial charge in [0, 0.05) is 17.8 Å². The summed E-state index contributed by atoms with van der Waals surface area (Å²) in [6.45, 7) is 1.55. The van der Waals surface area contributed by atoms with Crippen molar-refractivity contribution in [1.29, 1.82) is 0 Å². The molecule has 66 valence electrons. The van der Waals surface area contributed by atoms with Crippen LogP contribution in [0.3, 0.4) is 0 Å². The standard InChI is InChI=1S/C10H8BrNO/c1-6(13)10-9(11)7-4-2-3-5-8(7)12-10/h2-5,12H,1H3. The lowest BCUT2D eigenvalue weighted by molar-refractivity contribution is 0.101. The molecule has 1 N–H and O–H groups in total. The molecule has 1 heterocycles. The zero-order valence-corrected chi connectivity index (χ0v) is 8.68. The van der Waals surface area contributed by atoms with Gasteiger partial charge < -0.3 is 4.98 Å². The van der Waals surface area contributed by atoms with Crippen LogP contribution in [-0.4, -0.2) is 10.8 Å². The normalized spacial score (nSPS) is 10.6. The Morgan fingerprint density at radius 3 is 2.69 bits per heavy atom. The van der Waals surface area contributed by atoms with Crippen molar-refractivity contribution in [3.05, 3.63) is 34.4 Å². The van der Waals surface area contributed by atoms with E-state index in [1.54, 1.807) is 6.92 Å². The van der Waals surface area contributed by atoms with Gasteiger partial charge in [0.2, 0.25) is 0 Å². The van der Waals surface area contributed by atoms with Crippen LogP contribution >= 0.6 is 15.9 Å². The average molecular weight is 238 g/mol. The molecule has 0 atom stereocenters. The van der Waals surface area contributed by atoms with Gasteiger partial charge in [-0.2, -0.15) is 0 Å². The van der Waals surface area contributed by atoms with Crippen molar-refractivity contribution in [2.75, 3.05) is 0 Å². The Morgan fingerprint density at radius 2 is 2.08 bits per heavy atom. The van der Waals surface area contributed by atoms with Gasteiger partial charge in [-0.25, -0.2) is 0 Å². The monoisotopic (exact) mass is 237 g/mol. The molecule has 0 aliphatic rings. The Hall–Kier alpha value is -1.09. The number of halogens is 1. The zero-order chi connectivity index (χ0) is 9.42. The Labute approximate surface area is 84.1 Å². The quantitative estimate of drug-likeness (QED) is 0.760. The number of carbonyl (C=O) groups is 1. The van der Waals surface area contributed by atoms with E-state index in [1.165, 1.54) is 0 Å². The van der Waals surface area contributed by atoms with Crippen molar-refractivity contribution < 1.29 is 4.79 Å². The van der Waals surface area contributed by atoms with Crippen molar-refractivity contribution >= 4 is 32.6 Å². The molecule has 2 aromatic rings. The molecule has 13 heavy (non-hydrogen) atoms. The molecule has 0 saturated carbocycles. The Balaban J connectivity index is 2.81. The molecule has 0 aliphatic heterocycles. The molecular formula is C10H8BrNO. The van der Waals surface area contributed by atoms with Gasteiger partial charge in [0.1, 0.15) is 0 Å². The maximum atomic E-state index is 11.2. The largest absolute Gasteiger partial charge is 0.351 e.